The van der Waals surface area contributed by atoms with Gasteiger partial charge >= 0.3 is 18.3 Å². The topological polar surface area (TPSA) is 118 Å². The van der Waals surface area contributed by atoms with Crippen LogP contribution in [-0.4, -0.2) is 69.2 Å². The van der Waals surface area contributed by atoms with E-state index in [9.17, 15) is 41.0 Å². The first-order chi connectivity index (χ1) is 19.1. The van der Waals surface area contributed by atoms with E-state index in [1.807, 2.05) is 0 Å². The molecular weight excluding hydrogens is 588 g/mol. The van der Waals surface area contributed by atoms with Crippen LogP contribution in [0.5, 0.6) is 0 Å². The van der Waals surface area contributed by atoms with Crippen molar-refractivity contribution in [3.8, 4) is 0 Å². The Morgan fingerprint density at radius 3 is 2.59 bits per heavy atom. The molecule has 2 atom stereocenters. The molecule has 0 radical (unpaired) electrons. The van der Waals surface area contributed by atoms with Crippen molar-refractivity contribution < 1.29 is 50.5 Å². The van der Waals surface area contributed by atoms with Gasteiger partial charge in [0.15, 0.2) is 23.1 Å². The van der Waals surface area contributed by atoms with Crippen molar-refractivity contribution in [2.45, 2.75) is 37.5 Å². The summed E-state index contributed by atoms with van der Waals surface area (Å²) in [6.45, 7) is -0.245. The average Bonchev–Trinajstić information content (AvgIpc) is 3.39. The summed E-state index contributed by atoms with van der Waals surface area (Å²) < 4.78 is 93.8. The molecule has 10 nitrogen and oxygen atoms in total. The number of nitrogens with zero attached hydrogens (tertiary/aromatic N) is 4. The number of carbonyl (C=O) groups excluding carboxylic acids is 1. The van der Waals surface area contributed by atoms with Crippen LogP contribution in [0.4, 0.5) is 31.1 Å². The molecule has 0 spiro atoms. The van der Waals surface area contributed by atoms with E-state index in [1.54, 1.807) is 0 Å². The number of carboxylic acid groups (broad SMARTS) is 1. The summed E-state index contributed by atoms with van der Waals surface area (Å²) >= 11 is 6.25. The molecule has 0 unspecified atom stereocenters. The molecule has 0 bridgehead atoms. The molecule has 0 saturated carbocycles. The second kappa shape index (κ2) is 11.2. The summed E-state index contributed by atoms with van der Waals surface area (Å²) in [5.41, 5.74) is -1.45. The number of aryl methyl sites for hydroxylation is 1. The number of ether oxygens (including phenoxy) is 2. The van der Waals surface area contributed by atoms with Crippen molar-refractivity contribution in [2.75, 3.05) is 19.7 Å². The molecule has 17 heteroatoms. The van der Waals surface area contributed by atoms with Crippen LogP contribution in [0.15, 0.2) is 40.8 Å². The monoisotopic (exact) mass is 609 g/mol. The van der Waals surface area contributed by atoms with Crippen molar-refractivity contribution in [1.29, 1.82) is 0 Å². The highest BCUT2D eigenvalue weighted by atomic mass is 35.5. The van der Waals surface area contributed by atoms with Gasteiger partial charge < -0.3 is 24.5 Å². The molecule has 41 heavy (non-hydrogen) atoms. The van der Waals surface area contributed by atoms with Gasteiger partial charge in [0.1, 0.15) is 17.9 Å². The molecule has 1 fully saturated rings. The van der Waals surface area contributed by atoms with Crippen molar-refractivity contribution in [1.82, 2.24) is 19.8 Å². The number of alkyl halides is 5. The molecule has 4 rings (SSSR count). The SMILES string of the molecule is CCOC(=O)OC1=C(CN2CC(F)(F)C[C@H]2C(=O)O)NC(c2nc(C(F)(F)F)cn2C)=N[C@@H]1c1ccc(F)cc1Cl. The van der Waals surface area contributed by atoms with Gasteiger partial charge in [0.05, 0.1) is 18.8 Å². The van der Waals surface area contributed by atoms with Gasteiger partial charge in [0.2, 0.25) is 0 Å². The minimum atomic E-state index is -4.82. The Hall–Kier alpha value is -3.79. The lowest BCUT2D eigenvalue weighted by atomic mass is 10.0. The summed E-state index contributed by atoms with van der Waals surface area (Å²) in [6.07, 6.45) is -6.39. The van der Waals surface area contributed by atoms with Gasteiger partial charge in [-0.2, -0.15) is 13.2 Å². The first-order valence-electron chi connectivity index (χ1n) is 11.9. The zero-order chi connectivity index (χ0) is 30.3. The Morgan fingerprint density at radius 2 is 2.00 bits per heavy atom. The highest BCUT2D eigenvalue weighted by Gasteiger charge is 2.49. The van der Waals surface area contributed by atoms with Crippen LogP contribution < -0.4 is 5.32 Å². The number of aliphatic imine (C=N–C) groups is 1. The van der Waals surface area contributed by atoms with E-state index < -0.39 is 67.3 Å². The van der Waals surface area contributed by atoms with Gasteiger partial charge in [0.25, 0.3) is 5.92 Å². The number of likely N-dealkylation sites (tertiary alicyclic amines) is 1. The Bertz CT molecular complexity index is 1430. The Kier molecular flexibility index (Phi) is 8.27. The molecule has 1 aromatic carbocycles. The molecule has 2 aliphatic heterocycles. The van der Waals surface area contributed by atoms with Gasteiger partial charge in [-0.05, 0) is 19.1 Å². The van der Waals surface area contributed by atoms with E-state index >= 15 is 0 Å². The fraction of sp³-hybridized carbons (Fsp3) is 0.417. The van der Waals surface area contributed by atoms with Gasteiger partial charge in [-0.1, -0.05) is 17.7 Å². The van der Waals surface area contributed by atoms with E-state index in [0.29, 0.717) is 6.20 Å². The van der Waals surface area contributed by atoms with Crippen LogP contribution in [0.1, 0.15) is 36.5 Å². The molecule has 1 saturated heterocycles. The Balaban J connectivity index is 1.88. The Labute approximate surface area is 233 Å². The van der Waals surface area contributed by atoms with Gasteiger partial charge in [-0.3, -0.25) is 9.69 Å². The number of imidazole rings is 1. The third-order valence-electron chi connectivity index (χ3n) is 6.18. The van der Waals surface area contributed by atoms with Gasteiger partial charge in [-0.25, -0.2) is 27.9 Å². The maximum Gasteiger partial charge on any atom is 0.513 e. The second-order valence-corrected chi connectivity index (χ2v) is 9.58. The van der Waals surface area contributed by atoms with Crippen LogP contribution in [-0.2, 0) is 27.5 Å². The predicted molar refractivity (Wildman–Crippen MR) is 130 cm³/mol. The average molecular weight is 610 g/mol. The number of nitrogens with one attached hydrogen (secondary N) is 1. The van der Waals surface area contributed by atoms with Crippen LogP contribution >= 0.6 is 11.6 Å². The molecule has 2 aromatic rings. The maximum atomic E-state index is 14.3. The highest BCUT2D eigenvalue weighted by molar-refractivity contribution is 6.31. The normalized spacial score (nSPS) is 21.0. The third-order valence-corrected chi connectivity index (χ3v) is 6.51. The third kappa shape index (κ3) is 6.59. The van der Waals surface area contributed by atoms with Crippen molar-refractivity contribution in [3.63, 3.8) is 0 Å². The minimum absolute atomic E-state index is 0.0238. The lowest BCUT2D eigenvalue weighted by Crippen LogP contribution is -2.43. The van der Waals surface area contributed by atoms with Crippen molar-refractivity contribution >= 4 is 29.6 Å². The van der Waals surface area contributed by atoms with E-state index in [0.717, 1.165) is 21.6 Å². The molecular formula is C24H22ClF6N5O5. The highest BCUT2D eigenvalue weighted by Crippen LogP contribution is 2.39. The first kappa shape index (κ1) is 30.2. The van der Waals surface area contributed by atoms with Crippen molar-refractivity contribution in [3.05, 3.63) is 63.8 Å². The molecule has 222 valence electrons. The number of carbonyl (C=O) groups is 2. The van der Waals surface area contributed by atoms with Crippen molar-refractivity contribution in [2.24, 2.45) is 12.0 Å². The summed E-state index contributed by atoms with van der Waals surface area (Å²) in [5, 5.41) is 12.0. The number of aromatic nitrogens is 2. The van der Waals surface area contributed by atoms with Crippen LogP contribution in [0.25, 0.3) is 0 Å². The van der Waals surface area contributed by atoms with Crippen LogP contribution in [0.2, 0.25) is 5.02 Å². The van der Waals surface area contributed by atoms with Gasteiger partial charge in [0, 0.05) is 36.8 Å². The van der Waals surface area contributed by atoms with E-state index in [2.05, 4.69) is 15.3 Å². The number of hydrogen-bond acceptors (Lipinski definition) is 8. The molecule has 1 aromatic heterocycles. The van der Waals surface area contributed by atoms with Crippen LogP contribution in [0, 0.1) is 5.82 Å². The number of amidine groups is 1. The van der Waals surface area contributed by atoms with E-state index in [1.165, 1.54) is 20.0 Å². The number of hydrogen-bond donors (Lipinski definition) is 2. The van der Waals surface area contributed by atoms with Gasteiger partial charge in [-0.15, -0.1) is 0 Å². The summed E-state index contributed by atoms with van der Waals surface area (Å²) in [7, 11) is 1.25. The number of rotatable bonds is 7. The maximum absolute atomic E-state index is 14.3. The lowest BCUT2D eigenvalue weighted by molar-refractivity contribution is -0.142. The largest absolute Gasteiger partial charge is 0.513 e. The minimum Gasteiger partial charge on any atom is -0.480 e. The lowest BCUT2D eigenvalue weighted by Gasteiger charge is -2.30. The predicted octanol–water partition coefficient (Wildman–Crippen LogP) is 4.50. The standard InChI is InChI=1S/C24H22ClF6N5O5/c1-3-40-22(39)41-18-14(8-36-10-23(27,28)7-15(36)21(37)38)32-19(20-33-16(9-35(20)2)24(29,30)31)34-17(18)12-5-4-11(26)6-13(12)25/h4-6,9,15,17H,3,7-8,10H2,1-2H3,(H,32,34)(H,37,38)/t15-,17+/m0/s1. The second-order valence-electron chi connectivity index (χ2n) is 9.18. The summed E-state index contributed by atoms with van der Waals surface area (Å²) in [4.78, 5) is 33.0. The fourth-order valence-electron chi connectivity index (χ4n) is 4.43. The molecule has 3 heterocycles. The fourth-order valence-corrected chi connectivity index (χ4v) is 4.70. The summed E-state index contributed by atoms with van der Waals surface area (Å²) in [5.74, 6) is -6.72. The number of halogens is 7. The summed E-state index contributed by atoms with van der Waals surface area (Å²) in [6, 6.07) is 0.00788. The van der Waals surface area contributed by atoms with E-state index in [4.69, 9.17) is 21.1 Å². The number of benzene rings is 1. The smallest absolute Gasteiger partial charge is 0.480 e. The molecule has 0 amide bonds. The van der Waals surface area contributed by atoms with E-state index in [-0.39, 0.29) is 40.3 Å². The molecule has 2 N–H and O–H groups in total. The zero-order valence-corrected chi connectivity index (χ0v) is 22.1. The molecule has 2 aliphatic rings. The molecule has 0 aliphatic carbocycles. The quantitative estimate of drug-likeness (QED) is 0.348. The number of carboxylic acids is 1. The first-order valence-corrected chi connectivity index (χ1v) is 12.3. The zero-order valence-electron chi connectivity index (χ0n) is 21.3. The van der Waals surface area contributed by atoms with Crippen LogP contribution in [0.3, 0.4) is 0 Å². The number of aliphatic carboxylic acids is 1. The Morgan fingerprint density at radius 1 is 1.29 bits per heavy atom.